The molecule has 0 aliphatic rings. The van der Waals surface area contributed by atoms with E-state index in [9.17, 15) is 0 Å². The van der Waals surface area contributed by atoms with Crippen molar-refractivity contribution < 1.29 is 4.74 Å². The van der Waals surface area contributed by atoms with Crippen LogP contribution in [0.2, 0.25) is 0 Å². The molecule has 0 aliphatic heterocycles. The van der Waals surface area contributed by atoms with Gasteiger partial charge in [-0.3, -0.25) is 4.68 Å². The summed E-state index contributed by atoms with van der Waals surface area (Å²) in [6.45, 7) is 1.37. The zero-order valence-corrected chi connectivity index (χ0v) is 11.7. The molecule has 2 rings (SSSR count). The molecular formula is C12H15BrN4O. The summed E-state index contributed by atoms with van der Waals surface area (Å²) in [5, 5.41) is 4.31. The monoisotopic (exact) mass is 310 g/mol. The molecule has 96 valence electrons. The van der Waals surface area contributed by atoms with Gasteiger partial charge in [0.1, 0.15) is 5.82 Å². The number of methoxy groups -OCH3 is 1. The number of hydrogen-bond donors (Lipinski definition) is 1. The molecule has 0 aromatic carbocycles. The van der Waals surface area contributed by atoms with E-state index < -0.39 is 0 Å². The minimum atomic E-state index is 0.534. The fraction of sp³-hybridized carbons (Fsp3) is 0.333. The Morgan fingerprint density at radius 3 is 3.06 bits per heavy atom. The Hall–Kier alpha value is -1.40. The molecule has 6 heteroatoms. The lowest BCUT2D eigenvalue weighted by Gasteiger charge is -2.08. The molecule has 0 unspecified atom stereocenters. The van der Waals surface area contributed by atoms with Crippen molar-refractivity contribution in [3.8, 4) is 0 Å². The highest BCUT2D eigenvalue weighted by Gasteiger charge is 2.09. The van der Waals surface area contributed by atoms with Gasteiger partial charge in [0, 0.05) is 19.7 Å². The number of hydrogen-bond acceptors (Lipinski definition) is 4. The van der Waals surface area contributed by atoms with Crippen molar-refractivity contribution in [1.82, 2.24) is 14.8 Å². The van der Waals surface area contributed by atoms with Crippen molar-refractivity contribution in [2.75, 3.05) is 19.5 Å². The highest BCUT2D eigenvalue weighted by molar-refractivity contribution is 9.10. The lowest BCUT2D eigenvalue weighted by molar-refractivity contribution is 0.182. The second-order valence-electron chi connectivity index (χ2n) is 3.92. The number of nitrogen functional groups attached to an aromatic ring is 1. The zero-order valence-electron chi connectivity index (χ0n) is 10.1. The van der Waals surface area contributed by atoms with E-state index in [2.05, 4.69) is 26.0 Å². The van der Waals surface area contributed by atoms with Gasteiger partial charge in [-0.15, -0.1) is 0 Å². The number of nitrogens with zero attached hydrogens (tertiary/aromatic N) is 3. The van der Waals surface area contributed by atoms with Crippen LogP contribution in [-0.2, 0) is 17.7 Å². The molecule has 2 aromatic rings. The largest absolute Gasteiger partial charge is 0.384 e. The summed E-state index contributed by atoms with van der Waals surface area (Å²) in [4.78, 5) is 3.99. The summed E-state index contributed by atoms with van der Waals surface area (Å²) in [5.74, 6) is 0.534. The molecule has 0 bridgehead atoms. The van der Waals surface area contributed by atoms with Gasteiger partial charge < -0.3 is 10.5 Å². The van der Waals surface area contributed by atoms with Crippen LogP contribution in [0, 0.1) is 0 Å². The van der Waals surface area contributed by atoms with Crippen LogP contribution in [0.5, 0.6) is 0 Å². The van der Waals surface area contributed by atoms with Gasteiger partial charge >= 0.3 is 0 Å². The van der Waals surface area contributed by atoms with Crippen LogP contribution < -0.4 is 5.73 Å². The number of anilines is 1. The molecular weight excluding hydrogens is 296 g/mol. The maximum absolute atomic E-state index is 5.68. The highest BCUT2D eigenvalue weighted by atomic mass is 79.9. The Kier molecular flexibility index (Phi) is 4.33. The number of rotatable bonds is 5. The smallest absolute Gasteiger partial charge is 0.123 e. The second kappa shape index (κ2) is 5.97. The first-order chi connectivity index (χ1) is 8.70. The van der Waals surface area contributed by atoms with Gasteiger partial charge in [-0.05, 0) is 33.6 Å². The van der Waals surface area contributed by atoms with Crippen LogP contribution in [-0.4, -0.2) is 28.5 Å². The Balaban J connectivity index is 2.20. The van der Waals surface area contributed by atoms with Gasteiger partial charge in [-0.2, -0.15) is 5.10 Å². The van der Waals surface area contributed by atoms with E-state index in [1.54, 1.807) is 19.5 Å². The molecule has 18 heavy (non-hydrogen) atoms. The van der Waals surface area contributed by atoms with Gasteiger partial charge in [0.15, 0.2) is 0 Å². The van der Waals surface area contributed by atoms with E-state index in [1.807, 2.05) is 16.8 Å². The number of halogens is 1. The van der Waals surface area contributed by atoms with Crippen molar-refractivity contribution in [3.05, 3.63) is 40.3 Å². The number of nitrogens with two attached hydrogens (primary N) is 1. The quantitative estimate of drug-likeness (QED) is 0.915. The maximum Gasteiger partial charge on any atom is 0.123 e. The normalized spacial score (nSPS) is 10.8. The minimum absolute atomic E-state index is 0.534. The Labute approximate surface area is 114 Å². The van der Waals surface area contributed by atoms with E-state index in [-0.39, 0.29) is 0 Å². The summed E-state index contributed by atoms with van der Waals surface area (Å²) in [6, 6.07) is 3.83. The van der Waals surface area contributed by atoms with Crippen LogP contribution in [0.3, 0.4) is 0 Å². The molecule has 5 nitrogen and oxygen atoms in total. The molecule has 0 aliphatic carbocycles. The predicted octanol–water partition coefficient (Wildman–Crippen LogP) is 1.86. The fourth-order valence-electron chi connectivity index (χ4n) is 1.73. The molecule has 0 saturated heterocycles. The van der Waals surface area contributed by atoms with E-state index >= 15 is 0 Å². The van der Waals surface area contributed by atoms with Gasteiger partial charge in [0.05, 0.1) is 29.5 Å². The maximum atomic E-state index is 5.68. The second-order valence-corrected chi connectivity index (χ2v) is 4.78. The molecule has 2 aromatic heterocycles. The van der Waals surface area contributed by atoms with E-state index in [0.717, 1.165) is 28.7 Å². The third kappa shape index (κ3) is 3.08. The van der Waals surface area contributed by atoms with Crippen molar-refractivity contribution in [2.24, 2.45) is 0 Å². The summed E-state index contributed by atoms with van der Waals surface area (Å²) < 4.78 is 8.00. The Morgan fingerprint density at radius 2 is 2.33 bits per heavy atom. The van der Waals surface area contributed by atoms with Crippen molar-refractivity contribution in [2.45, 2.75) is 13.0 Å². The summed E-state index contributed by atoms with van der Waals surface area (Å²) in [7, 11) is 1.68. The van der Waals surface area contributed by atoms with Gasteiger partial charge in [-0.25, -0.2) is 4.98 Å². The van der Waals surface area contributed by atoms with Crippen LogP contribution in [0.1, 0.15) is 11.3 Å². The number of aromatic nitrogens is 3. The van der Waals surface area contributed by atoms with E-state index in [4.69, 9.17) is 10.5 Å². The molecule has 0 radical (unpaired) electrons. The van der Waals surface area contributed by atoms with Crippen LogP contribution in [0.4, 0.5) is 5.82 Å². The lowest BCUT2D eigenvalue weighted by atomic mass is 10.1. The molecule has 0 spiro atoms. The number of pyridine rings is 1. The van der Waals surface area contributed by atoms with Gasteiger partial charge in [0.2, 0.25) is 0 Å². The van der Waals surface area contributed by atoms with Crippen LogP contribution in [0.15, 0.2) is 29.0 Å². The molecule has 0 amide bonds. The Morgan fingerprint density at radius 1 is 1.50 bits per heavy atom. The number of ether oxygens (including phenoxy) is 1. The molecule has 2 N–H and O–H groups in total. The Bertz CT molecular complexity index is 527. The first-order valence-corrected chi connectivity index (χ1v) is 6.39. The fourth-order valence-corrected chi connectivity index (χ4v) is 2.17. The standard InChI is InChI=1S/C12H15BrN4O/c1-18-5-4-17-11(10(13)8-16-17)6-9-2-3-15-12(14)7-9/h2-3,7-8H,4-6H2,1H3,(H2,14,15). The van der Waals surface area contributed by atoms with E-state index in [0.29, 0.717) is 12.4 Å². The molecule has 0 saturated carbocycles. The summed E-state index contributed by atoms with van der Waals surface area (Å²) in [5.41, 5.74) is 7.90. The third-order valence-electron chi connectivity index (χ3n) is 2.62. The highest BCUT2D eigenvalue weighted by Crippen LogP contribution is 2.20. The minimum Gasteiger partial charge on any atom is -0.384 e. The molecule has 0 atom stereocenters. The average Bonchev–Trinajstić information content (AvgIpc) is 2.69. The average molecular weight is 311 g/mol. The van der Waals surface area contributed by atoms with Gasteiger partial charge in [-0.1, -0.05) is 0 Å². The summed E-state index contributed by atoms with van der Waals surface area (Å²) in [6.07, 6.45) is 4.28. The summed E-state index contributed by atoms with van der Waals surface area (Å²) >= 11 is 3.51. The van der Waals surface area contributed by atoms with Crippen molar-refractivity contribution >= 4 is 21.7 Å². The lowest BCUT2D eigenvalue weighted by Crippen LogP contribution is -2.10. The van der Waals surface area contributed by atoms with Gasteiger partial charge in [0.25, 0.3) is 0 Å². The molecule has 2 heterocycles. The van der Waals surface area contributed by atoms with Crippen molar-refractivity contribution in [1.29, 1.82) is 0 Å². The van der Waals surface area contributed by atoms with Crippen LogP contribution >= 0.6 is 15.9 Å². The van der Waals surface area contributed by atoms with Crippen molar-refractivity contribution in [3.63, 3.8) is 0 Å². The first-order valence-electron chi connectivity index (χ1n) is 5.60. The predicted molar refractivity (Wildman–Crippen MR) is 73.3 cm³/mol. The third-order valence-corrected chi connectivity index (χ3v) is 3.28. The first kappa shape index (κ1) is 13.0. The van der Waals surface area contributed by atoms with Crippen LogP contribution in [0.25, 0.3) is 0 Å². The SMILES string of the molecule is COCCn1ncc(Br)c1Cc1ccnc(N)c1. The topological polar surface area (TPSA) is 66.0 Å². The zero-order chi connectivity index (χ0) is 13.0. The molecule has 0 fully saturated rings. The van der Waals surface area contributed by atoms with E-state index in [1.165, 1.54) is 0 Å².